The zero-order valence-corrected chi connectivity index (χ0v) is 37.7. The first kappa shape index (κ1) is 49.3. The quantitative estimate of drug-likeness (QED) is 0.0151. The predicted molar refractivity (Wildman–Crippen MR) is 246 cm³/mol. The second-order valence-corrected chi connectivity index (χ2v) is 14.7. The highest BCUT2D eigenvalue weighted by atomic mass is 35.5. The molecular formula is C49H53ClN4O11. The predicted octanol–water partition coefficient (Wildman–Crippen LogP) is 7.43. The molecule has 342 valence electrons. The number of hydrogen-bond acceptors (Lipinski definition) is 13. The number of ether oxygens (including phenoxy) is 7. The highest BCUT2D eigenvalue weighted by Gasteiger charge is 2.44. The van der Waals surface area contributed by atoms with E-state index in [-0.39, 0.29) is 48.9 Å². The topological polar surface area (TPSA) is 184 Å². The number of hydrogen-bond donors (Lipinski definition) is 2. The average Bonchev–Trinajstić information content (AvgIpc) is 3.57. The van der Waals surface area contributed by atoms with Gasteiger partial charge in [0, 0.05) is 43.1 Å². The lowest BCUT2D eigenvalue weighted by Gasteiger charge is -2.24. The van der Waals surface area contributed by atoms with Crippen molar-refractivity contribution < 1.29 is 52.3 Å². The highest BCUT2D eigenvalue weighted by molar-refractivity contribution is 6.32. The molecule has 0 aliphatic carbocycles. The van der Waals surface area contributed by atoms with Gasteiger partial charge in [0.2, 0.25) is 5.91 Å². The Hall–Kier alpha value is -6.70. The molecular weight excluding hydrogens is 856 g/mol. The number of amides is 3. The third-order valence-electron chi connectivity index (χ3n) is 10.0. The number of fused-ring (bicyclic) bond motifs is 1. The van der Waals surface area contributed by atoms with Gasteiger partial charge < -0.3 is 43.8 Å². The van der Waals surface area contributed by atoms with E-state index < -0.39 is 23.8 Å². The zero-order valence-electron chi connectivity index (χ0n) is 36.9. The van der Waals surface area contributed by atoms with Gasteiger partial charge >= 0.3 is 0 Å². The van der Waals surface area contributed by atoms with Crippen LogP contribution in [-0.2, 0) is 23.8 Å². The molecule has 2 N–H and O–H groups in total. The molecule has 65 heavy (non-hydrogen) atoms. The summed E-state index contributed by atoms with van der Waals surface area (Å²) in [5.41, 5.74) is 4.43. The van der Waals surface area contributed by atoms with Gasteiger partial charge in [0.1, 0.15) is 54.3 Å². The SMILES string of the molecule is C=CCCC(C(=O)NC)N1C(=O)c2cccc(OCCOCCOCCOCCOc3ccc(/C(=C/C=O)Oc4cc(OCC)c(-c5cc(C#N)cc(NC)c5)cc4C)c(Cl)c3)c2C1=O. The van der Waals surface area contributed by atoms with Crippen molar-refractivity contribution in [3.05, 3.63) is 118 Å². The van der Waals surface area contributed by atoms with Gasteiger partial charge in [0.25, 0.3) is 11.8 Å². The Morgan fingerprint density at radius 1 is 0.846 bits per heavy atom. The number of aldehydes is 1. The van der Waals surface area contributed by atoms with Crippen LogP contribution in [0.15, 0.2) is 85.5 Å². The lowest BCUT2D eigenvalue weighted by molar-refractivity contribution is -0.124. The van der Waals surface area contributed by atoms with Crippen LogP contribution in [0.2, 0.25) is 5.02 Å². The lowest BCUT2D eigenvalue weighted by Crippen LogP contribution is -2.48. The first-order valence-corrected chi connectivity index (χ1v) is 21.4. The molecule has 0 aromatic heterocycles. The molecule has 1 aliphatic heterocycles. The van der Waals surface area contributed by atoms with Crippen molar-refractivity contribution in [3.8, 4) is 40.2 Å². The van der Waals surface area contributed by atoms with Crippen LogP contribution in [0.4, 0.5) is 5.69 Å². The van der Waals surface area contributed by atoms with Gasteiger partial charge in [-0.3, -0.25) is 24.1 Å². The minimum absolute atomic E-state index is 0.124. The molecule has 1 unspecified atom stereocenters. The molecule has 1 heterocycles. The van der Waals surface area contributed by atoms with Gasteiger partial charge in [-0.25, -0.2) is 0 Å². The van der Waals surface area contributed by atoms with Crippen LogP contribution in [0.25, 0.3) is 16.9 Å². The maximum Gasteiger partial charge on any atom is 0.266 e. The van der Waals surface area contributed by atoms with Crippen LogP contribution in [0.1, 0.15) is 57.2 Å². The van der Waals surface area contributed by atoms with E-state index in [1.165, 1.54) is 13.1 Å². The number of nitrogens with one attached hydrogen (secondary N) is 2. The molecule has 0 saturated carbocycles. The van der Waals surface area contributed by atoms with Crippen LogP contribution in [0.5, 0.6) is 23.0 Å². The number of carbonyl (C=O) groups excluding carboxylic acids is 4. The molecule has 0 saturated heterocycles. The molecule has 4 aromatic rings. The van der Waals surface area contributed by atoms with Gasteiger partial charge in [-0.1, -0.05) is 23.7 Å². The van der Waals surface area contributed by atoms with Crippen molar-refractivity contribution in [3.63, 3.8) is 0 Å². The van der Waals surface area contributed by atoms with Crippen LogP contribution >= 0.6 is 11.6 Å². The standard InChI is InChI=1S/C49H53ClN4O11/c1-6-8-11-41(47(56)53-5)54-48(57)38-10-9-12-43(46(38)49(54)58)64-24-22-61-20-18-59-17-19-60-21-23-63-36-13-14-37(40(50)29-36)42(15-16-55)65-44-30-45(62-7-2)39(25-32(44)3)34-26-33(31-51)27-35(28-34)52-4/h6,9-10,12-16,25-30,41,52H,1,7-8,11,17-24H2,2-5H3,(H,53,56)/b42-15-. The molecule has 0 bridgehead atoms. The number of imide groups is 1. The van der Waals surface area contributed by atoms with Crippen molar-refractivity contribution in [2.45, 2.75) is 32.7 Å². The van der Waals surface area contributed by atoms with E-state index in [1.807, 2.05) is 26.0 Å². The second-order valence-electron chi connectivity index (χ2n) is 14.3. The summed E-state index contributed by atoms with van der Waals surface area (Å²) in [6.45, 7) is 9.97. The molecule has 0 radical (unpaired) electrons. The third-order valence-corrected chi connectivity index (χ3v) is 10.3. The Labute approximate surface area is 383 Å². The lowest BCUT2D eigenvalue weighted by atomic mass is 9.99. The normalized spacial score (nSPS) is 12.6. The second kappa shape index (κ2) is 25.0. The number of carbonyl (C=O) groups is 4. The number of allylic oxidation sites excluding steroid dienone is 2. The molecule has 3 amide bonds. The van der Waals surface area contributed by atoms with E-state index in [4.69, 9.17) is 44.8 Å². The summed E-state index contributed by atoms with van der Waals surface area (Å²) in [5.74, 6) is 0.415. The minimum Gasteiger partial charge on any atom is -0.493 e. The fraction of sp³-hybridized carbons (Fsp3) is 0.327. The van der Waals surface area contributed by atoms with E-state index in [0.29, 0.717) is 85.7 Å². The summed E-state index contributed by atoms with van der Waals surface area (Å²) in [5, 5.41) is 15.5. The van der Waals surface area contributed by atoms with Crippen molar-refractivity contribution >= 4 is 47.1 Å². The van der Waals surface area contributed by atoms with Crippen LogP contribution in [-0.4, -0.2) is 109 Å². The Morgan fingerprint density at radius 2 is 1.55 bits per heavy atom. The Kier molecular flexibility index (Phi) is 18.9. The first-order valence-electron chi connectivity index (χ1n) is 21.0. The van der Waals surface area contributed by atoms with E-state index in [1.54, 1.807) is 67.7 Å². The number of aryl methyl sites for hydroxylation is 1. The summed E-state index contributed by atoms with van der Waals surface area (Å²) >= 11 is 6.68. The first-order chi connectivity index (χ1) is 31.6. The Bertz CT molecular complexity index is 2410. The highest BCUT2D eigenvalue weighted by Crippen LogP contribution is 2.40. The van der Waals surface area contributed by atoms with E-state index in [9.17, 15) is 24.4 Å². The number of halogens is 1. The zero-order chi connectivity index (χ0) is 46.7. The van der Waals surface area contributed by atoms with Gasteiger partial charge in [-0.05, 0) is 92.4 Å². The van der Waals surface area contributed by atoms with Crippen molar-refractivity contribution in [2.75, 3.05) is 78.9 Å². The third kappa shape index (κ3) is 13.0. The van der Waals surface area contributed by atoms with Crippen molar-refractivity contribution in [1.29, 1.82) is 5.26 Å². The molecule has 0 fully saturated rings. The summed E-state index contributed by atoms with van der Waals surface area (Å²) in [4.78, 5) is 51.8. The number of benzene rings is 4. The van der Waals surface area contributed by atoms with E-state index in [2.05, 4.69) is 23.3 Å². The van der Waals surface area contributed by atoms with Crippen LogP contribution in [0, 0.1) is 18.3 Å². The van der Waals surface area contributed by atoms with Crippen molar-refractivity contribution in [2.24, 2.45) is 0 Å². The smallest absolute Gasteiger partial charge is 0.266 e. The van der Waals surface area contributed by atoms with E-state index in [0.717, 1.165) is 27.3 Å². The molecule has 1 atom stereocenters. The van der Waals surface area contributed by atoms with Crippen LogP contribution in [0.3, 0.4) is 0 Å². The Morgan fingerprint density at radius 3 is 2.18 bits per heavy atom. The minimum atomic E-state index is -0.964. The summed E-state index contributed by atoms with van der Waals surface area (Å²) in [6, 6.07) is 20.2. The van der Waals surface area contributed by atoms with Gasteiger partial charge in [-0.2, -0.15) is 5.26 Å². The molecule has 0 spiro atoms. The number of nitriles is 1. The number of rotatable bonds is 27. The summed E-state index contributed by atoms with van der Waals surface area (Å²) in [7, 11) is 3.25. The van der Waals surface area contributed by atoms with Crippen LogP contribution < -0.4 is 29.6 Å². The number of anilines is 1. The fourth-order valence-electron chi connectivity index (χ4n) is 6.88. The molecule has 1 aliphatic rings. The van der Waals surface area contributed by atoms with Gasteiger partial charge in [0.05, 0.1) is 74.0 Å². The summed E-state index contributed by atoms with van der Waals surface area (Å²) < 4.78 is 40.8. The monoisotopic (exact) mass is 908 g/mol. The van der Waals surface area contributed by atoms with Gasteiger partial charge in [-0.15, -0.1) is 6.58 Å². The molecule has 15 nitrogen and oxygen atoms in total. The van der Waals surface area contributed by atoms with Gasteiger partial charge in [0.15, 0.2) is 0 Å². The largest absolute Gasteiger partial charge is 0.493 e. The maximum absolute atomic E-state index is 13.4. The maximum atomic E-state index is 13.4. The molecule has 4 aromatic carbocycles. The fourth-order valence-corrected chi connectivity index (χ4v) is 7.15. The van der Waals surface area contributed by atoms with Crippen molar-refractivity contribution in [1.82, 2.24) is 10.2 Å². The average molecular weight is 909 g/mol. The molecule has 16 heteroatoms. The molecule has 5 rings (SSSR count). The van der Waals surface area contributed by atoms with E-state index >= 15 is 0 Å². The summed E-state index contributed by atoms with van der Waals surface area (Å²) in [6.07, 6.45) is 4.26. The Balaban J connectivity index is 1.01. The number of likely N-dealkylation sites (N-methyl/N-ethyl adjacent to an activating group) is 1. The number of nitrogens with zero attached hydrogens (tertiary/aromatic N) is 2.